The molecule has 1 aromatic carbocycles. The summed E-state index contributed by atoms with van der Waals surface area (Å²) in [6, 6.07) is 5.16. The van der Waals surface area contributed by atoms with Gasteiger partial charge in [0.15, 0.2) is 0 Å². The van der Waals surface area contributed by atoms with Gasteiger partial charge in [-0.1, -0.05) is 36.7 Å². The fourth-order valence-electron chi connectivity index (χ4n) is 1.24. The van der Waals surface area contributed by atoms with Gasteiger partial charge in [-0.25, -0.2) is 0 Å². The van der Waals surface area contributed by atoms with E-state index in [1.165, 1.54) is 0 Å². The molecule has 0 amide bonds. The van der Waals surface area contributed by atoms with Gasteiger partial charge in [-0.3, -0.25) is 0 Å². The van der Waals surface area contributed by atoms with Crippen molar-refractivity contribution in [1.82, 2.24) is 0 Å². The summed E-state index contributed by atoms with van der Waals surface area (Å²) < 4.78 is 0.935. The molecule has 1 rings (SSSR count). The molecule has 0 unspecified atom stereocenters. The summed E-state index contributed by atoms with van der Waals surface area (Å²) in [5, 5.41) is 9.67. The van der Waals surface area contributed by atoms with Crippen LogP contribution >= 0.6 is 15.9 Å². The SMILES string of the molecule is CC(C)(C)[C@@H](N)c1cc(Br)ccc1O. The van der Waals surface area contributed by atoms with E-state index in [1.807, 2.05) is 6.07 Å². The predicted octanol–water partition coefficient (Wildman–Crippen LogP) is 3.20. The Balaban J connectivity index is 3.12. The van der Waals surface area contributed by atoms with Gasteiger partial charge in [0, 0.05) is 16.1 Å². The van der Waals surface area contributed by atoms with Gasteiger partial charge in [0.2, 0.25) is 0 Å². The maximum atomic E-state index is 9.67. The van der Waals surface area contributed by atoms with Crippen molar-refractivity contribution in [2.45, 2.75) is 26.8 Å². The van der Waals surface area contributed by atoms with Crippen molar-refractivity contribution in [3.8, 4) is 5.75 Å². The van der Waals surface area contributed by atoms with Crippen LogP contribution in [0.3, 0.4) is 0 Å². The molecule has 0 radical (unpaired) electrons. The highest BCUT2D eigenvalue weighted by molar-refractivity contribution is 9.10. The first-order valence-electron chi connectivity index (χ1n) is 4.56. The van der Waals surface area contributed by atoms with Gasteiger partial charge in [-0.15, -0.1) is 0 Å². The lowest BCUT2D eigenvalue weighted by Crippen LogP contribution is -2.26. The number of phenolic OH excluding ortho intramolecular Hbond substituents is 1. The largest absolute Gasteiger partial charge is 0.508 e. The molecule has 0 saturated carbocycles. The van der Waals surface area contributed by atoms with E-state index < -0.39 is 0 Å². The van der Waals surface area contributed by atoms with E-state index in [9.17, 15) is 5.11 Å². The number of benzene rings is 1. The predicted molar refractivity (Wildman–Crippen MR) is 62.2 cm³/mol. The number of rotatable bonds is 1. The lowest BCUT2D eigenvalue weighted by Gasteiger charge is -2.28. The van der Waals surface area contributed by atoms with E-state index >= 15 is 0 Å². The van der Waals surface area contributed by atoms with Crippen molar-refractivity contribution >= 4 is 15.9 Å². The third kappa shape index (κ3) is 2.49. The van der Waals surface area contributed by atoms with E-state index in [4.69, 9.17) is 5.73 Å². The molecule has 0 aliphatic rings. The standard InChI is InChI=1S/C11H16BrNO/c1-11(2,3)10(13)8-6-7(12)4-5-9(8)14/h4-6,10,14H,13H2,1-3H3/t10-/m0/s1. The highest BCUT2D eigenvalue weighted by atomic mass is 79.9. The Morgan fingerprint density at radius 1 is 1.36 bits per heavy atom. The van der Waals surface area contributed by atoms with Crippen LogP contribution < -0.4 is 5.73 Å². The Hall–Kier alpha value is -0.540. The molecule has 78 valence electrons. The van der Waals surface area contributed by atoms with Crippen LogP contribution in [0.25, 0.3) is 0 Å². The second kappa shape index (κ2) is 3.91. The molecule has 0 aliphatic carbocycles. The van der Waals surface area contributed by atoms with Crippen LogP contribution in [-0.2, 0) is 0 Å². The van der Waals surface area contributed by atoms with Crippen LogP contribution in [0.1, 0.15) is 32.4 Å². The molecule has 0 bridgehead atoms. The summed E-state index contributed by atoms with van der Waals surface area (Å²) >= 11 is 3.36. The van der Waals surface area contributed by atoms with Gasteiger partial charge in [-0.2, -0.15) is 0 Å². The van der Waals surface area contributed by atoms with E-state index in [0.29, 0.717) is 0 Å². The average Bonchev–Trinajstić information content (AvgIpc) is 2.06. The Labute approximate surface area is 93.3 Å². The minimum Gasteiger partial charge on any atom is -0.508 e. The van der Waals surface area contributed by atoms with Crippen LogP contribution in [-0.4, -0.2) is 5.11 Å². The first-order valence-corrected chi connectivity index (χ1v) is 5.35. The molecule has 0 heterocycles. The Morgan fingerprint density at radius 2 is 1.93 bits per heavy atom. The van der Waals surface area contributed by atoms with Crippen molar-refractivity contribution < 1.29 is 5.11 Å². The van der Waals surface area contributed by atoms with Gasteiger partial charge in [0.1, 0.15) is 5.75 Å². The number of halogens is 1. The number of hydrogen-bond acceptors (Lipinski definition) is 2. The smallest absolute Gasteiger partial charge is 0.120 e. The summed E-state index contributed by atoms with van der Waals surface area (Å²) in [4.78, 5) is 0. The van der Waals surface area contributed by atoms with E-state index in [2.05, 4.69) is 36.7 Å². The molecule has 0 aliphatic heterocycles. The first-order chi connectivity index (χ1) is 6.32. The van der Waals surface area contributed by atoms with Crippen molar-refractivity contribution in [2.75, 3.05) is 0 Å². The van der Waals surface area contributed by atoms with E-state index in [-0.39, 0.29) is 17.2 Å². The summed E-state index contributed by atoms with van der Waals surface area (Å²) in [6.07, 6.45) is 0. The highest BCUT2D eigenvalue weighted by Crippen LogP contribution is 2.36. The van der Waals surface area contributed by atoms with Crippen molar-refractivity contribution in [3.63, 3.8) is 0 Å². The second-order valence-corrected chi connectivity index (χ2v) is 5.46. The lowest BCUT2D eigenvalue weighted by atomic mass is 9.83. The van der Waals surface area contributed by atoms with Gasteiger partial charge < -0.3 is 10.8 Å². The highest BCUT2D eigenvalue weighted by Gasteiger charge is 2.24. The fraction of sp³-hybridized carbons (Fsp3) is 0.455. The zero-order chi connectivity index (χ0) is 10.9. The molecule has 2 nitrogen and oxygen atoms in total. The molecule has 1 atom stereocenters. The van der Waals surface area contributed by atoms with Gasteiger partial charge >= 0.3 is 0 Å². The third-order valence-electron chi connectivity index (χ3n) is 2.26. The maximum Gasteiger partial charge on any atom is 0.120 e. The monoisotopic (exact) mass is 257 g/mol. The average molecular weight is 258 g/mol. The van der Waals surface area contributed by atoms with Gasteiger partial charge in [-0.05, 0) is 23.6 Å². The van der Waals surface area contributed by atoms with Crippen LogP contribution in [0.4, 0.5) is 0 Å². The van der Waals surface area contributed by atoms with Crippen molar-refractivity contribution in [1.29, 1.82) is 0 Å². The topological polar surface area (TPSA) is 46.2 Å². The number of aromatic hydroxyl groups is 1. The molecular weight excluding hydrogens is 242 g/mol. The molecule has 1 aromatic rings. The van der Waals surface area contributed by atoms with Gasteiger partial charge in [0.25, 0.3) is 0 Å². The van der Waals surface area contributed by atoms with Crippen LogP contribution in [0, 0.1) is 5.41 Å². The normalized spacial score (nSPS) is 14.1. The van der Waals surface area contributed by atoms with Gasteiger partial charge in [0.05, 0.1) is 0 Å². The van der Waals surface area contributed by atoms with Crippen molar-refractivity contribution in [3.05, 3.63) is 28.2 Å². The molecule has 0 fully saturated rings. The van der Waals surface area contributed by atoms with Crippen LogP contribution in [0.5, 0.6) is 5.75 Å². The summed E-state index contributed by atoms with van der Waals surface area (Å²) in [7, 11) is 0. The molecular formula is C11H16BrNO. The molecule has 0 aromatic heterocycles. The molecule has 3 N–H and O–H groups in total. The molecule has 0 spiro atoms. The summed E-state index contributed by atoms with van der Waals surface area (Å²) in [5.74, 6) is 0.260. The second-order valence-electron chi connectivity index (χ2n) is 4.55. The first kappa shape index (κ1) is 11.5. The quantitative estimate of drug-likeness (QED) is 0.812. The maximum absolute atomic E-state index is 9.67. The van der Waals surface area contributed by atoms with Crippen molar-refractivity contribution in [2.24, 2.45) is 11.1 Å². The Bertz CT molecular complexity index is 331. The lowest BCUT2D eigenvalue weighted by molar-refractivity contribution is 0.317. The minimum absolute atomic E-state index is 0.0573. The Kier molecular flexibility index (Phi) is 3.22. The molecule has 14 heavy (non-hydrogen) atoms. The summed E-state index contributed by atoms with van der Waals surface area (Å²) in [6.45, 7) is 6.16. The van der Waals surface area contributed by atoms with Crippen LogP contribution in [0.2, 0.25) is 0 Å². The van der Waals surface area contributed by atoms with E-state index in [0.717, 1.165) is 10.0 Å². The fourth-order valence-corrected chi connectivity index (χ4v) is 1.62. The molecule has 0 saturated heterocycles. The zero-order valence-electron chi connectivity index (χ0n) is 8.71. The third-order valence-corrected chi connectivity index (χ3v) is 2.75. The number of hydrogen-bond donors (Lipinski definition) is 2. The minimum atomic E-state index is -0.167. The number of phenols is 1. The number of nitrogens with two attached hydrogens (primary N) is 1. The van der Waals surface area contributed by atoms with E-state index in [1.54, 1.807) is 12.1 Å². The molecule has 3 heteroatoms. The van der Waals surface area contributed by atoms with Crippen LogP contribution in [0.15, 0.2) is 22.7 Å². The summed E-state index contributed by atoms with van der Waals surface area (Å²) in [5.41, 5.74) is 6.79. The zero-order valence-corrected chi connectivity index (χ0v) is 10.3. The Morgan fingerprint density at radius 3 is 2.43 bits per heavy atom.